The van der Waals surface area contributed by atoms with Crippen LogP contribution in [0, 0.1) is 31.1 Å². The largest absolute Gasteiger partial charge is 0.361 e. The van der Waals surface area contributed by atoms with Crippen molar-refractivity contribution in [2.45, 2.75) is 91.9 Å². The normalized spacial score (nSPS) is 12.1. The number of aryl methyl sites for hydroxylation is 2. The Labute approximate surface area is 242 Å². The summed E-state index contributed by atoms with van der Waals surface area (Å²) in [6.45, 7) is 8.24. The highest BCUT2D eigenvalue weighted by molar-refractivity contribution is 5.88. The molecule has 0 radical (unpaired) electrons. The molecule has 3 rings (SSSR count). The molecular weight excluding hydrogens is 488 g/mol. The van der Waals surface area contributed by atoms with Crippen LogP contribution in [0.15, 0.2) is 71.9 Å². The maximum Gasteiger partial charge on any atom is 0.0966 e. The lowest BCUT2D eigenvalue weighted by molar-refractivity contribution is 0.564. The van der Waals surface area contributed by atoms with Gasteiger partial charge in [0.05, 0.1) is 17.3 Å². The fourth-order valence-corrected chi connectivity index (χ4v) is 4.88. The fraction of sp³-hybridized carbons (Fsp3) is 0.389. The number of benzene rings is 1. The lowest BCUT2D eigenvalue weighted by Gasteiger charge is -2.16. The van der Waals surface area contributed by atoms with E-state index in [1.165, 1.54) is 68.7 Å². The number of nitriles is 1. The number of rotatable bonds is 15. The zero-order chi connectivity index (χ0) is 29.2. The number of terminal acetylenes is 1. The first-order valence-corrected chi connectivity index (χ1v) is 14.6. The number of H-pyrrole nitrogens is 1. The van der Waals surface area contributed by atoms with E-state index in [2.05, 4.69) is 84.5 Å². The molecule has 4 heteroatoms. The Bertz CT molecular complexity index is 1340. The Morgan fingerprint density at radius 3 is 2.40 bits per heavy atom. The van der Waals surface area contributed by atoms with Crippen LogP contribution in [0.4, 0.5) is 5.69 Å². The number of aromatic nitrogens is 2. The molecule has 40 heavy (non-hydrogen) atoms. The smallest absolute Gasteiger partial charge is 0.0966 e. The van der Waals surface area contributed by atoms with Crippen LogP contribution in [0.5, 0.6) is 0 Å². The minimum Gasteiger partial charge on any atom is -0.361 e. The van der Waals surface area contributed by atoms with E-state index in [0.29, 0.717) is 5.57 Å². The molecule has 0 saturated heterocycles. The Morgan fingerprint density at radius 1 is 1.02 bits per heavy atom. The molecule has 0 bridgehead atoms. The Morgan fingerprint density at radius 2 is 1.73 bits per heavy atom. The highest BCUT2D eigenvalue weighted by Crippen LogP contribution is 2.28. The third-order valence-corrected chi connectivity index (χ3v) is 7.25. The van der Waals surface area contributed by atoms with E-state index in [-0.39, 0.29) is 0 Å². The maximum absolute atomic E-state index is 9.73. The van der Waals surface area contributed by atoms with E-state index in [1.54, 1.807) is 0 Å². The molecular formula is C36H46N4. The van der Waals surface area contributed by atoms with Gasteiger partial charge in [-0.05, 0) is 80.1 Å². The van der Waals surface area contributed by atoms with Crippen molar-refractivity contribution in [1.82, 2.24) is 9.97 Å². The number of nitrogens with one attached hydrogen (secondary N) is 2. The van der Waals surface area contributed by atoms with Crippen molar-refractivity contribution in [2.24, 2.45) is 0 Å². The maximum atomic E-state index is 9.73. The van der Waals surface area contributed by atoms with Gasteiger partial charge in [0.2, 0.25) is 0 Å². The van der Waals surface area contributed by atoms with Gasteiger partial charge in [0.15, 0.2) is 0 Å². The number of anilines is 1. The highest BCUT2D eigenvalue weighted by atomic mass is 14.9. The monoisotopic (exact) mass is 534 g/mol. The summed E-state index contributed by atoms with van der Waals surface area (Å²) < 4.78 is 0. The predicted molar refractivity (Wildman–Crippen MR) is 173 cm³/mol. The van der Waals surface area contributed by atoms with Gasteiger partial charge in [-0.15, -0.1) is 12.8 Å². The van der Waals surface area contributed by atoms with Gasteiger partial charge in [-0.25, -0.2) is 0 Å². The minimum atomic E-state index is 0.647. The average Bonchev–Trinajstić information content (AvgIpc) is 3.48. The quantitative estimate of drug-likeness (QED) is 0.0882. The van der Waals surface area contributed by atoms with Gasteiger partial charge in [0.1, 0.15) is 0 Å². The molecule has 210 valence electrons. The first kappa shape index (κ1) is 32.2. The van der Waals surface area contributed by atoms with E-state index in [1.807, 2.05) is 38.5 Å². The van der Waals surface area contributed by atoms with Crippen LogP contribution in [-0.4, -0.2) is 9.97 Å². The number of hydrogen-bond acceptors (Lipinski definition) is 3. The highest BCUT2D eigenvalue weighted by Gasteiger charge is 2.11. The van der Waals surface area contributed by atoms with E-state index in [9.17, 15) is 5.26 Å². The predicted octanol–water partition coefficient (Wildman–Crippen LogP) is 10.1. The summed E-state index contributed by atoms with van der Waals surface area (Å²) in [5, 5.41) is 14.5. The van der Waals surface area contributed by atoms with Crippen molar-refractivity contribution in [3.05, 3.63) is 88.5 Å². The van der Waals surface area contributed by atoms with Crippen molar-refractivity contribution < 1.29 is 0 Å². The summed E-state index contributed by atoms with van der Waals surface area (Å²) in [4.78, 5) is 7.75. The molecule has 0 amide bonds. The zero-order valence-corrected chi connectivity index (χ0v) is 24.9. The lowest BCUT2D eigenvalue weighted by atomic mass is 10.0. The molecule has 0 aliphatic heterocycles. The number of unbranched alkanes of at least 4 members (excludes halogenated alkanes) is 8. The summed E-state index contributed by atoms with van der Waals surface area (Å²) in [7, 11) is 0. The number of aromatic amines is 1. The zero-order valence-electron chi connectivity index (χ0n) is 24.9. The second-order valence-electron chi connectivity index (χ2n) is 10.2. The summed E-state index contributed by atoms with van der Waals surface area (Å²) >= 11 is 0. The molecule has 0 saturated carbocycles. The topological polar surface area (TPSA) is 64.5 Å². The standard InChI is InChI=1S/C34H44N4.C2H2/c1-5-7-8-9-10-11-12-13-14-15-28-22-29(25-36-24-28)16-17-30(6-2)34(26(3)23-35)38-32-18-19-33-31(27(32)4)20-21-37-33;1-2/h6,16-22,24-25,37-38H,5,7-15H2,1-4H3;1-2H/b17-16+,30-6-,34-26-;. The minimum absolute atomic E-state index is 0.647. The van der Waals surface area contributed by atoms with Crippen LogP contribution >= 0.6 is 0 Å². The molecule has 2 heterocycles. The summed E-state index contributed by atoms with van der Waals surface area (Å²) in [6, 6.07) is 10.8. The van der Waals surface area contributed by atoms with Crippen molar-refractivity contribution in [1.29, 1.82) is 5.26 Å². The Balaban J connectivity index is 0.00000274. The van der Waals surface area contributed by atoms with Crippen LogP contribution < -0.4 is 5.32 Å². The van der Waals surface area contributed by atoms with Gasteiger partial charge in [-0.2, -0.15) is 5.26 Å². The number of hydrogen-bond donors (Lipinski definition) is 2. The second-order valence-corrected chi connectivity index (χ2v) is 10.2. The summed E-state index contributed by atoms with van der Waals surface area (Å²) in [5.41, 5.74) is 8.07. The van der Waals surface area contributed by atoms with Crippen LogP contribution in [0.1, 0.15) is 95.2 Å². The molecule has 2 aromatic heterocycles. The van der Waals surface area contributed by atoms with Gasteiger partial charge < -0.3 is 10.3 Å². The van der Waals surface area contributed by atoms with Gasteiger partial charge in [-0.3, -0.25) is 4.98 Å². The van der Waals surface area contributed by atoms with Gasteiger partial charge in [0.25, 0.3) is 0 Å². The average molecular weight is 535 g/mol. The summed E-state index contributed by atoms with van der Waals surface area (Å²) in [5.74, 6) is 0. The molecule has 0 spiro atoms. The number of fused-ring (bicyclic) bond motifs is 1. The molecule has 3 aromatic rings. The van der Waals surface area contributed by atoms with Crippen LogP contribution in [0.25, 0.3) is 17.0 Å². The number of allylic oxidation sites excluding steroid dienone is 3. The van der Waals surface area contributed by atoms with Gasteiger partial charge >= 0.3 is 0 Å². The lowest BCUT2D eigenvalue weighted by Crippen LogP contribution is -2.06. The first-order chi connectivity index (χ1) is 19.6. The first-order valence-electron chi connectivity index (χ1n) is 14.6. The SMILES string of the molecule is C#C.C/C=C(/C=C/c1cncc(CCCCCCCCCCC)c1)C(\Nc1ccc2[nH]ccc2c1C)=C(/C)C#N. The fourth-order valence-electron chi connectivity index (χ4n) is 4.88. The summed E-state index contributed by atoms with van der Waals surface area (Å²) in [6.07, 6.45) is 33.2. The van der Waals surface area contributed by atoms with Crippen LogP contribution in [0.3, 0.4) is 0 Å². The van der Waals surface area contributed by atoms with Crippen molar-refractivity contribution >= 4 is 22.7 Å². The Hall–Kier alpha value is -4.02. The van der Waals surface area contributed by atoms with E-state index in [4.69, 9.17) is 0 Å². The van der Waals surface area contributed by atoms with Crippen LogP contribution in [-0.2, 0) is 6.42 Å². The third kappa shape index (κ3) is 9.94. The number of nitrogens with zero attached hydrogens (tertiary/aromatic N) is 2. The van der Waals surface area contributed by atoms with Crippen LogP contribution in [0.2, 0.25) is 0 Å². The third-order valence-electron chi connectivity index (χ3n) is 7.25. The van der Waals surface area contributed by atoms with E-state index >= 15 is 0 Å². The molecule has 0 aliphatic rings. The molecule has 2 N–H and O–H groups in total. The van der Waals surface area contributed by atoms with Crippen molar-refractivity contribution in [3.8, 4) is 18.9 Å². The molecule has 0 aliphatic carbocycles. The van der Waals surface area contributed by atoms with Gasteiger partial charge in [0, 0.05) is 35.2 Å². The molecule has 4 nitrogen and oxygen atoms in total. The molecule has 0 unspecified atom stereocenters. The van der Waals surface area contributed by atoms with Crippen molar-refractivity contribution in [2.75, 3.05) is 5.32 Å². The molecule has 1 aromatic carbocycles. The second kappa shape index (κ2) is 18.3. The van der Waals surface area contributed by atoms with Gasteiger partial charge in [-0.1, -0.05) is 76.5 Å². The Kier molecular flexibility index (Phi) is 14.7. The van der Waals surface area contributed by atoms with E-state index < -0.39 is 0 Å². The van der Waals surface area contributed by atoms with E-state index in [0.717, 1.165) is 40.0 Å². The van der Waals surface area contributed by atoms with Crippen molar-refractivity contribution in [3.63, 3.8) is 0 Å². The molecule has 0 atom stereocenters. The number of pyridine rings is 1. The molecule has 0 fully saturated rings.